The summed E-state index contributed by atoms with van der Waals surface area (Å²) in [6.45, 7) is 1.48. The molecule has 0 spiro atoms. The molecule has 170 valence electrons. The molecule has 0 aliphatic carbocycles. The fourth-order valence-corrected chi connectivity index (χ4v) is 4.58. The van der Waals surface area contributed by atoms with Gasteiger partial charge in [-0.1, -0.05) is 17.7 Å². The number of nitrogens with one attached hydrogen (secondary N) is 2. The quantitative estimate of drug-likeness (QED) is 0.329. The summed E-state index contributed by atoms with van der Waals surface area (Å²) in [5.74, 6) is 1.37. The third-order valence-corrected chi connectivity index (χ3v) is 6.18. The molecule has 1 saturated heterocycles. The van der Waals surface area contributed by atoms with Crippen LogP contribution in [0.25, 0.3) is 11.3 Å². The van der Waals surface area contributed by atoms with Crippen molar-refractivity contribution in [2.45, 2.75) is 19.0 Å². The second kappa shape index (κ2) is 9.29. The number of aromatic nitrogens is 1. The average molecular weight is 489 g/mol. The first-order valence-electron chi connectivity index (χ1n) is 10.7. The molecule has 2 aromatic heterocycles. The van der Waals surface area contributed by atoms with Gasteiger partial charge in [0.1, 0.15) is 17.6 Å². The number of rotatable bonds is 5. The zero-order chi connectivity index (χ0) is 23.7. The van der Waals surface area contributed by atoms with Crippen LogP contribution in [0.1, 0.15) is 30.5 Å². The van der Waals surface area contributed by atoms with Crippen LogP contribution in [-0.4, -0.2) is 16.0 Å². The van der Waals surface area contributed by atoms with Gasteiger partial charge in [-0.05, 0) is 85.0 Å². The first-order chi connectivity index (χ1) is 16.5. The monoisotopic (exact) mass is 488 g/mol. The SMILES string of the molecule is CC(=O)Nc1ccc(N2C(=S)N[C@H](c3ccccn3)[C@H]2c2ccc(-c3ccc(Cl)cc3)o2)cc1. The van der Waals surface area contributed by atoms with Gasteiger partial charge in [0.2, 0.25) is 5.91 Å². The Morgan fingerprint density at radius 3 is 2.50 bits per heavy atom. The minimum atomic E-state index is -0.268. The molecule has 2 atom stereocenters. The lowest BCUT2D eigenvalue weighted by Gasteiger charge is -2.26. The Labute approximate surface area is 207 Å². The van der Waals surface area contributed by atoms with Gasteiger partial charge in [0, 0.05) is 35.1 Å². The zero-order valence-electron chi connectivity index (χ0n) is 18.2. The molecule has 0 unspecified atom stereocenters. The molecule has 34 heavy (non-hydrogen) atoms. The Kier molecular flexibility index (Phi) is 6.04. The second-order valence-corrected chi connectivity index (χ2v) is 8.76. The van der Waals surface area contributed by atoms with E-state index in [9.17, 15) is 4.79 Å². The minimum absolute atomic E-state index is 0.121. The van der Waals surface area contributed by atoms with Crippen LogP contribution in [0.4, 0.5) is 11.4 Å². The van der Waals surface area contributed by atoms with Crippen LogP contribution < -0.4 is 15.5 Å². The van der Waals surface area contributed by atoms with E-state index in [1.54, 1.807) is 6.20 Å². The van der Waals surface area contributed by atoms with Gasteiger partial charge in [0.15, 0.2) is 5.11 Å². The number of anilines is 2. The second-order valence-electron chi connectivity index (χ2n) is 7.93. The fraction of sp³-hybridized carbons (Fsp3) is 0.115. The van der Waals surface area contributed by atoms with Gasteiger partial charge in [-0.15, -0.1) is 0 Å². The highest BCUT2D eigenvalue weighted by molar-refractivity contribution is 7.80. The minimum Gasteiger partial charge on any atom is -0.459 e. The van der Waals surface area contributed by atoms with Crippen LogP contribution in [-0.2, 0) is 4.79 Å². The molecule has 1 aliphatic rings. The topological polar surface area (TPSA) is 70.4 Å². The molecule has 1 amide bonds. The molecule has 2 N–H and O–H groups in total. The molecule has 6 nitrogen and oxygen atoms in total. The molecule has 0 saturated carbocycles. The number of halogens is 1. The van der Waals surface area contributed by atoms with Crippen molar-refractivity contribution >= 4 is 46.2 Å². The Bertz CT molecular complexity index is 1320. The van der Waals surface area contributed by atoms with E-state index in [-0.39, 0.29) is 18.0 Å². The molecule has 3 heterocycles. The summed E-state index contributed by atoms with van der Waals surface area (Å²) in [7, 11) is 0. The van der Waals surface area contributed by atoms with Gasteiger partial charge in [0.05, 0.1) is 11.7 Å². The largest absolute Gasteiger partial charge is 0.459 e. The molecule has 0 bridgehead atoms. The highest BCUT2D eigenvalue weighted by Gasteiger charge is 2.42. The number of hydrogen-bond donors (Lipinski definition) is 2. The average Bonchev–Trinajstić information content (AvgIpc) is 3.45. The van der Waals surface area contributed by atoms with Crippen molar-refractivity contribution in [3.8, 4) is 11.3 Å². The first kappa shape index (κ1) is 22.1. The first-order valence-corrected chi connectivity index (χ1v) is 11.5. The van der Waals surface area contributed by atoms with Crippen LogP contribution in [0.15, 0.2) is 89.5 Å². The van der Waals surface area contributed by atoms with Gasteiger partial charge >= 0.3 is 0 Å². The summed E-state index contributed by atoms with van der Waals surface area (Å²) >= 11 is 11.8. The number of hydrogen-bond acceptors (Lipinski definition) is 4. The van der Waals surface area contributed by atoms with Crippen LogP contribution >= 0.6 is 23.8 Å². The molecule has 1 aliphatic heterocycles. The third-order valence-electron chi connectivity index (χ3n) is 5.61. The molecular weight excluding hydrogens is 468 g/mol. The fourth-order valence-electron chi connectivity index (χ4n) is 4.11. The van der Waals surface area contributed by atoms with E-state index >= 15 is 0 Å². The molecule has 4 aromatic rings. The van der Waals surface area contributed by atoms with E-state index < -0.39 is 0 Å². The summed E-state index contributed by atoms with van der Waals surface area (Å²) < 4.78 is 6.35. The van der Waals surface area contributed by atoms with E-state index in [0.717, 1.165) is 34.2 Å². The molecular formula is C26H21ClN4O2S. The number of thiocarbonyl (C=S) groups is 1. The van der Waals surface area contributed by atoms with Crippen molar-refractivity contribution in [1.29, 1.82) is 0 Å². The maximum atomic E-state index is 11.4. The van der Waals surface area contributed by atoms with Crippen molar-refractivity contribution in [1.82, 2.24) is 10.3 Å². The van der Waals surface area contributed by atoms with Crippen molar-refractivity contribution in [2.75, 3.05) is 10.2 Å². The predicted octanol–water partition coefficient (Wildman–Crippen LogP) is 6.13. The highest BCUT2D eigenvalue weighted by Crippen LogP contribution is 2.43. The van der Waals surface area contributed by atoms with Crippen molar-refractivity contribution in [2.24, 2.45) is 0 Å². The number of benzene rings is 2. The van der Waals surface area contributed by atoms with Crippen molar-refractivity contribution < 1.29 is 9.21 Å². The van der Waals surface area contributed by atoms with E-state index in [2.05, 4.69) is 15.6 Å². The van der Waals surface area contributed by atoms with Crippen molar-refractivity contribution in [3.05, 3.63) is 102 Å². The number of pyridine rings is 1. The molecule has 5 rings (SSSR count). The number of amides is 1. The smallest absolute Gasteiger partial charge is 0.221 e. The number of nitrogens with zero attached hydrogens (tertiary/aromatic N) is 2. The van der Waals surface area contributed by atoms with Crippen LogP contribution in [0.5, 0.6) is 0 Å². The maximum absolute atomic E-state index is 11.4. The number of furan rings is 1. The third kappa shape index (κ3) is 4.40. The molecule has 8 heteroatoms. The van der Waals surface area contributed by atoms with Gasteiger partial charge in [-0.3, -0.25) is 9.78 Å². The number of carbonyl (C=O) groups is 1. The summed E-state index contributed by atoms with van der Waals surface area (Å²) in [5.41, 5.74) is 3.39. The predicted molar refractivity (Wildman–Crippen MR) is 138 cm³/mol. The summed E-state index contributed by atoms with van der Waals surface area (Å²) in [6.07, 6.45) is 1.77. The van der Waals surface area contributed by atoms with Gasteiger partial charge in [-0.25, -0.2) is 0 Å². The number of carbonyl (C=O) groups excluding carboxylic acids is 1. The van der Waals surface area contributed by atoms with E-state index in [0.29, 0.717) is 10.1 Å². The maximum Gasteiger partial charge on any atom is 0.221 e. The molecule has 2 aromatic carbocycles. The molecule has 0 radical (unpaired) electrons. The summed E-state index contributed by atoms with van der Waals surface area (Å²) in [6, 6.07) is 24.3. The van der Waals surface area contributed by atoms with Crippen LogP contribution in [0, 0.1) is 0 Å². The Hall–Kier alpha value is -3.68. The zero-order valence-corrected chi connectivity index (χ0v) is 19.8. The Morgan fingerprint density at radius 2 is 1.82 bits per heavy atom. The Balaban J connectivity index is 1.55. The summed E-state index contributed by atoms with van der Waals surface area (Å²) in [4.78, 5) is 18.0. The van der Waals surface area contributed by atoms with Crippen LogP contribution in [0.3, 0.4) is 0 Å². The summed E-state index contributed by atoms with van der Waals surface area (Å²) in [5, 5.41) is 7.45. The van der Waals surface area contributed by atoms with E-state index in [1.165, 1.54) is 6.92 Å². The lowest BCUT2D eigenvalue weighted by molar-refractivity contribution is -0.114. The van der Waals surface area contributed by atoms with Crippen molar-refractivity contribution in [3.63, 3.8) is 0 Å². The standard InChI is InChI=1S/C26H21ClN4O2S/c1-16(32)29-19-9-11-20(12-10-19)31-25(24(30-26(31)34)21-4-2-3-15-28-21)23-14-13-22(33-23)17-5-7-18(27)8-6-17/h2-15,24-25H,1H3,(H,29,32)(H,30,34)/t24-,25-/m1/s1. The highest BCUT2D eigenvalue weighted by atomic mass is 35.5. The van der Waals surface area contributed by atoms with Crippen LogP contribution in [0.2, 0.25) is 5.02 Å². The van der Waals surface area contributed by atoms with E-state index in [4.69, 9.17) is 28.2 Å². The molecule has 1 fully saturated rings. The lowest BCUT2D eigenvalue weighted by atomic mass is 10.0. The Morgan fingerprint density at radius 1 is 1.06 bits per heavy atom. The van der Waals surface area contributed by atoms with Gasteiger partial charge in [0.25, 0.3) is 0 Å². The van der Waals surface area contributed by atoms with Gasteiger partial charge in [-0.2, -0.15) is 0 Å². The van der Waals surface area contributed by atoms with Gasteiger partial charge < -0.3 is 20.0 Å². The van der Waals surface area contributed by atoms with E-state index in [1.807, 2.05) is 83.8 Å². The normalized spacial score (nSPS) is 17.5. The lowest BCUT2D eigenvalue weighted by Crippen LogP contribution is -2.29.